The fourth-order valence-electron chi connectivity index (χ4n) is 2.38. The van der Waals surface area contributed by atoms with Gasteiger partial charge in [-0.2, -0.15) is 0 Å². The van der Waals surface area contributed by atoms with Crippen molar-refractivity contribution in [3.63, 3.8) is 0 Å². The van der Waals surface area contributed by atoms with Crippen molar-refractivity contribution in [3.05, 3.63) is 10.9 Å². The lowest BCUT2D eigenvalue weighted by atomic mass is 10.1. The van der Waals surface area contributed by atoms with Crippen molar-refractivity contribution in [1.82, 2.24) is 0 Å². The van der Waals surface area contributed by atoms with Gasteiger partial charge in [0.15, 0.2) is 5.78 Å². The maximum Gasteiger partial charge on any atom is 0.177 e. The number of nitrogen functional groups attached to an aromatic ring is 1. The first kappa shape index (κ1) is 15.3. The number of carbonyl (C=O) groups excluding carboxylic acids is 1. The molecule has 1 fully saturated rings. The number of hydrogen-bond donors (Lipinski definition) is 1. The first-order chi connectivity index (χ1) is 9.47. The summed E-state index contributed by atoms with van der Waals surface area (Å²) in [5.74, 6) is 0.0605. The molecule has 0 aromatic carbocycles. The molecule has 0 radical (unpaired) electrons. The molecule has 2 atom stereocenters. The fourth-order valence-corrected chi connectivity index (χ4v) is 3.57. The number of ketones is 1. The van der Waals surface area contributed by atoms with Crippen molar-refractivity contribution in [1.29, 1.82) is 0 Å². The van der Waals surface area contributed by atoms with Crippen LogP contribution in [0.1, 0.15) is 23.5 Å². The highest BCUT2D eigenvalue weighted by Crippen LogP contribution is 2.36. The molecule has 0 spiro atoms. The molecule has 6 heteroatoms. The van der Waals surface area contributed by atoms with E-state index in [-0.39, 0.29) is 23.9 Å². The summed E-state index contributed by atoms with van der Waals surface area (Å²) in [6.07, 6.45) is 0.0974. The van der Waals surface area contributed by atoms with E-state index in [1.807, 2.05) is 19.9 Å². The van der Waals surface area contributed by atoms with Crippen molar-refractivity contribution < 1.29 is 14.3 Å². The van der Waals surface area contributed by atoms with Crippen LogP contribution in [0.5, 0.6) is 0 Å². The number of nitrogens with two attached hydrogens (primary N) is 1. The van der Waals surface area contributed by atoms with E-state index in [1.165, 1.54) is 11.3 Å². The van der Waals surface area contributed by atoms with Crippen LogP contribution >= 0.6 is 11.3 Å². The highest BCUT2D eigenvalue weighted by atomic mass is 32.1. The zero-order valence-electron chi connectivity index (χ0n) is 12.4. The van der Waals surface area contributed by atoms with E-state index in [1.54, 1.807) is 14.2 Å². The van der Waals surface area contributed by atoms with Crippen LogP contribution in [0.4, 0.5) is 10.7 Å². The molecular formula is C14H22N2O3S. The smallest absolute Gasteiger partial charge is 0.177 e. The van der Waals surface area contributed by atoms with Gasteiger partial charge in [0.1, 0.15) is 12.2 Å². The number of anilines is 2. The van der Waals surface area contributed by atoms with E-state index < -0.39 is 0 Å². The van der Waals surface area contributed by atoms with Crippen molar-refractivity contribution in [2.45, 2.75) is 26.1 Å². The molecule has 1 aliphatic rings. The standard InChI is InChI=1S/C14H22N2O3S/c1-8(2)13(17)14-9(15)5-12(20-14)16-6-10(18-3)11(7-16)19-4/h5,8,10-11H,6-7,15H2,1-4H3. The van der Waals surface area contributed by atoms with Crippen LogP contribution < -0.4 is 10.6 Å². The third-order valence-electron chi connectivity index (χ3n) is 3.63. The van der Waals surface area contributed by atoms with E-state index in [0.29, 0.717) is 10.6 Å². The van der Waals surface area contributed by atoms with Crippen LogP contribution in [-0.2, 0) is 9.47 Å². The summed E-state index contributed by atoms with van der Waals surface area (Å²) in [5, 5.41) is 1.01. The molecule has 0 saturated carbocycles. The molecule has 1 aliphatic heterocycles. The molecular weight excluding hydrogens is 276 g/mol. The third-order valence-corrected chi connectivity index (χ3v) is 4.85. The topological polar surface area (TPSA) is 64.8 Å². The Balaban J connectivity index is 2.19. The van der Waals surface area contributed by atoms with Gasteiger partial charge < -0.3 is 20.1 Å². The lowest BCUT2D eigenvalue weighted by molar-refractivity contribution is -0.00461. The third kappa shape index (κ3) is 2.82. The van der Waals surface area contributed by atoms with Crippen molar-refractivity contribution >= 4 is 27.8 Å². The van der Waals surface area contributed by atoms with Crippen LogP contribution in [0.3, 0.4) is 0 Å². The van der Waals surface area contributed by atoms with E-state index in [0.717, 1.165) is 18.1 Å². The lowest BCUT2D eigenvalue weighted by Gasteiger charge is -2.14. The molecule has 5 nitrogen and oxygen atoms in total. The maximum absolute atomic E-state index is 12.1. The largest absolute Gasteiger partial charge is 0.397 e. The summed E-state index contributed by atoms with van der Waals surface area (Å²) in [4.78, 5) is 14.9. The summed E-state index contributed by atoms with van der Waals surface area (Å²) in [6, 6.07) is 1.88. The molecule has 0 bridgehead atoms. The number of Topliss-reactive ketones (excluding diaryl/α,β-unsaturated/α-hetero) is 1. The summed E-state index contributed by atoms with van der Waals surface area (Å²) in [5.41, 5.74) is 6.55. The van der Waals surface area contributed by atoms with E-state index in [2.05, 4.69) is 4.90 Å². The Morgan fingerprint density at radius 3 is 2.35 bits per heavy atom. The predicted octanol–water partition coefficient (Wildman–Crippen LogP) is 2.02. The highest BCUT2D eigenvalue weighted by molar-refractivity contribution is 7.18. The number of methoxy groups -OCH3 is 2. The van der Waals surface area contributed by atoms with Crippen molar-refractivity contribution in [3.8, 4) is 0 Å². The molecule has 1 aromatic heterocycles. The van der Waals surface area contributed by atoms with E-state index in [9.17, 15) is 4.79 Å². The highest BCUT2D eigenvalue weighted by Gasteiger charge is 2.34. The fraction of sp³-hybridized carbons (Fsp3) is 0.643. The molecule has 0 aliphatic carbocycles. The second kappa shape index (κ2) is 6.11. The SMILES string of the molecule is COC1CN(c2cc(N)c(C(=O)C(C)C)s2)CC1OC. The summed E-state index contributed by atoms with van der Waals surface area (Å²) >= 11 is 1.46. The van der Waals surface area contributed by atoms with Gasteiger partial charge >= 0.3 is 0 Å². The van der Waals surface area contributed by atoms with Crippen LogP contribution in [0.25, 0.3) is 0 Å². The minimum absolute atomic E-state index is 0.0409. The monoisotopic (exact) mass is 298 g/mol. The average Bonchev–Trinajstić information content (AvgIpc) is 3.00. The molecule has 20 heavy (non-hydrogen) atoms. The summed E-state index contributed by atoms with van der Waals surface area (Å²) in [7, 11) is 3.38. The van der Waals surface area contributed by atoms with Crippen LogP contribution in [0, 0.1) is 5.92 Å². The number of hydrogen-bond acceptors (Lipinski definition) is 6. The van der Waals surface area contributed by atoms with Gasteiger partial charge in [0.2, 0.25) is 0 Å². The molecule has 2 rings (SSSR count). The number of ether oxygens (including phenoxy) is 2. The molecule has 1 aromatic rings. The van der Waals surface area contributed by atoms with Gasteiger partial charge in [0, 0.05) is 33.2 Å². The minimum atomic E-state index is -0.0409. The Hall–Kier alpha value is -1.11. The van der Waals surface area contributed by atoms with Gasteiger partial charge in [-0.05, 0) is 6.07 Å². The van der Waals surface area contributed by atoms with Gasteiger partial charge in [0.25, 0.3) is 0 Å². The Labute approximate surface area is 123 Å². The van der Waals surface area contributed by atoms with Crippen LogP contribution in [-0.4, -0.2) is 45.3 Å². The Kier molecular flexibility index (Phi) is 4.67. The van der Waals surface area contributed by atoms with Gasteiger partial charge in [-0.1, -0.05) is 13.8 Å². The number of thiophene rings is 1. The summed E-state index contributed by atoms with van der Waals surface area (Å²) < 4.78 is 10.9. The second-order valence-electron chi connectivity index (χ2n) is 5.34. The molecule has 2 N–H and O–H groups in total. The zero-order valence-corrected chi connectivity index (χ0v) is 13.2. The number of nitrogens with zero attached hydrogens (tertiary/aromatic N) is 1. The Morgan fingerprint density at radius 1 is 1.35 bits per heavy atom. The van der Waals surface area contributed by atoms with E-state index >= 15 is 0 Å². The Bertz CT molecular complexity index is 475. The van der Waals surface area contributed by atoms with Crippen molar-refractivity contribution in [2.75, 3.05) is 37.9 Å². The quantitative estimate of drug-likeness (QED) is 0.843. The molecule has 1 saturated heterocycles. The van der Waals surface area contributed by atoms with Crippen LogP contribution in [0.2, 0.25) is 0 Å². The Morgan fingerprint density at radius 2 is 1.90 bits per heavy atom. The van der Waals surface area contributed by atoms with Gasteiger partial charge in [0.05, 0.1) is 15.6 Å². The van der Waals surface area contributed by atoms with Gasteiger partial charge in [-0.25, -0.2) is 0 Å². The first-order valence-corrected chi connectivity index (χ1v) is 7.53. The summed E-state index contributed by atoms with van der Waals surface area (Å²) in [6.45, 7) is 5.28. The van der Waals surface area contributed by atoms with Gasteiger partial charge in [-0.3, -0.25) is 4.79 Å². The molecule has 112 valence electrons. The van der Waals surface area contributed by atoms with Gasteiger partial charge in [-0.15, -0.1) is 11.3 Å². The molecule has 0 amide bonds. The predicted molar refractivity (Wildman–Crippen MR) is 81.7 cm³/mol. The average molecular weight is 298 g/mol. The zero-order chi connectivity index (χ0) is 14.9. The normalized spacial score (nSPS) is 22.8. The van der Waals surface area contributed by atoms with Crippen molar-refractivity contribution in [2.24, 2.45) is 5.92 Å². The van der Waals surface area contributed by atoms with Crippen LogP contribution in [0.15, 0.2) is 6.07 Å². The first-order valence-electron chi connectivity index (χ1n) is 6.72. The maximum atomic E-state index is 12.1. The minimum Gasteiger partial charge on any atom is -0.397 e. The lowest BCUT2D eigenvalue weighted by Crippen LogP contribution is -2.27. The second-order valence-corrected chi connectivity index (χ2v) is 6.37. The number of rotatable bonds is 5. The van der Waals surface area contributed by atoms with E-state index in [4.69, 9.17) is 15.2 Å². The molecule has 2 unspecified atom stereocenters. The molecule has 2 heterocycles. The number of carbonyl (C=O) groups is 1.